The predicted octanol–water partition coefficient (Wildman–Crippen LogP) is 5.90. The first-order valence-corrected chi connectivity index (χ1v) is 12.4. The molecule has 0 unspecified atom stereocenters. The number of amides is 1. The zero-order valence-corrected chi connectivity index (χ0v) is 20.9. The number of carbonyl (C=O) groups is 2. The molecule has 0 saturated heterocycles. The Balaban J connectivity index is 1.35. The largest absolute Gasteiger partial charge is 0.445 e. The molecule has 5 aromatic rings. The third kappa shape index (κ3) is 6.59. The Morgan fingerprint density at radius 2 is 1.41 bits per heavy atom. The third-order valence-electron chi connectivity index (χ3n) is 6.09. The molecule has 194 valence electrons. The van der Waals surface area contributed by atoms with Gasteiger partial charge in [-0.15, -0.1) is 0 Å². The van der Waals surface area contributed by atoms with Crippen LogP contribution in [0.2, 0.25) is 0 Å². The molecule has 0 aliphatic rings. The summed E-state index contributed by atoms with van der Waals surface area (Å²) < 4.78 is 16.4. The first kappa shape index (κ1) is 25.5. The number of esters is 1. The van der Waals surface area contributed by atoms with E-state index in [0.29, 0.717) is 10.9 Å². The van der Waals surface area contributed by atoms with Crippen molar-refractivity contribution in [3.8, 4) is 16.9 Å². The molecule has 0 saturated carbocycles. The summed E-state index contributed by atoms with van der Waals surface area (Å²) in [6.45, 7) is 0.0627. The van der Waals surface area contributed by atoms with Gasteiger partial charge < -0.3 is 19.2 Å². The molecule has 0 spiro atoms. The van der Waals surface area contributed by atoms with Gasteiger partial charge >= 0.3 is 17.7 Å². The second kappa shape index (κ2) is 11.9. The SMILES string of the molecule is O=C(N[C@@H](Cc1ccccc1)C(=O)Oc1ccc2c(-c3ccccc3)cc(=O)oc2c1)OCc1ccccc1. The molecule has 7 nitrogen and oxygen atoms in total. The van der Waals surface area contributed by atoms with Gasteiger partial charge in [-0.3, -0.25) is 0 Å². The minimum absolute atomic E-state index is 0.0627. The molecule has 1 heterocycles. The fourth-order valence-electron chi connectivity index (χ4n) is 4.20. The summed E-state index contributed by atoms with van der Waals surface area (Å²) in [4.78, 5) is 38.1. The molecule has 0 fully saturated rings. The number of benzene rings is 4. The smallest absolute Gasteiger partial charge is 0.408 e. The van der Waals surface area contributed by atoms with Crippen molar-refractivity contribution in [2.24, 2.45) is 0 Å². The van der Waals surface area contributed by atoms with Gasteiger partial charge in [-0.1, -0.05) is 91.0 Å². The van der Waals surface area contributed by atoms with Crippen molar-refractivity contribution >= 4 is 23.0 Å². The van der Waals surface area contributed by atoms with E-state index in [0.717, 1.165) is 16.7 Å². The van der Waals surface area contributed by atoms with Gasteiger partial charge in [-0.2, -0.15) is 0 Å². The van der Waals surface area contributed by atoms with E-state index in [-0.39, 0.29) is 24.4 Å². The van der Waals surface area contributed by atoms with Gasteiger partial charge in [0.15, 0.2) is 0 Å². The maximum Gasteiger partial charge on any atom is 0.408 e. The molecular formula is C32H25NO6. The molecule has 5 rings (SSSR count). The number of ether oxygens (including phenoxy) is 2. The summed E-state index contributed by atoms with van der Waals surface area (Å²) in [5, 5.41) is 3.32. The van der Waals surface area contributed by atoms with E-state index in [4.69, 9.17) is 13.9 Å². The zero-order chi connectivity index (χ0) is 27.0. The topological polar surface area (TPSA) is 94.8 Å². The van der Waals surface area contributed by atoms with E-state index in [1.165, 1.54) is 12.1 Å². The van der Waals surface area contributed by atoms with Crippen molar-refractivity contribution < 1.29 is 23.5 Å². The lowest BCUT2D eigenvalue weighted by molar-refractivity contribution is -0.136. The Kier molecular flexibility index (Phi) is 7.79. The van der Waals surface area contributed by atoms with Crippen molar-refractivity contribution in [2.75, 3.05) is 0 Å². The van der Waals surface area contributed by atoms with E-state index in [9.17, 15) is 14.4 Å². The van der Waals surface area contributed by atoms with E-state index in [2.05, 4.69) is 5.32 Å². The average Bonchev–Trinajstić information content (AvgIpc) is 2.96. The van der Waals surface area contributed by atoms with Crippen LogP contribution in [-0.2, 0) is 22.6 Å². The molecule has 0 aliphatic heterocycles. The van der Waals surface area contributed by atoms with Gasteiger partial charge in [-0.25, -0.2) is 14.4 Å². The predicted molar refractivity (Wildman–Crippen MR) is 147 cm³/mol. The van der Waals surface area contributed by atoms with Gasteiger partial charge in [0.2, 0.25) is 0 Å². The maximum atomic E-state index is 13.2. The number of nitrogens with one attached hydrogen (secondary N) is 1. The zero-order valence-electron chi connectivity index (χ0n) is 20.9. The second-order valence-corrected chi connectivity index (χ2v) is 8.87. The average molecular weight is 520 g/mol. The molecule has 0 aliphatic carbocycles. The Morgan fingerprint density at radius 3 is 2.10 bits per heavy atom. The number of fused-ring (bicyclic) bond motifs is 1. The minimum Gasteiger partial charge on any atom is -0.445 e. The lowest BCUT2D eigenvalue weighted by atomic mass is 10.0. The Bertz CT molecular complexity index is 1630. The first-order chi connectivity index (χ1) is 19.0. The molecule has 4 aromatic carbocycles. The summed E-state index contributed by atoms with van der Waals surface area (Å²) >= 11 is 0. The monoisotopic (exact) mass is 519 g/mol. The number of hydrogen-bond acceptors (Lipinski definition) is 6. The summed E-state index contributed by atoms with van der Waals surface area (Å²) in [6.07, 6.45) is -0.547. The van der Waals surface area contributed by atoms with E-state index in [1.807, 2.05) is 91.0 Å². The molecule has 1 atom stereocenters. The van der Waals surface area contributed by atoms with Crippen LogP contribution in [0.3, 0.4) is 0 Å². The highest BCUT2D eigenvalue weighted by Crippen LogP contribution is 2.29. The molecule has 1 amide bonds. The highest BCUT2D eigenvalue weighted by Gasteiger charge is 2.25. The van der Waals surface area contributed by atoms with Gasteiger partial charge in [-0.05, 0) is 34.4 Å². The van der Waals surface area contributed by atoms with Crippen molar-refractivity contribution in [1.29, 1.82) is 0 Å². The van der Waals surface area contributed by atoms with Gasteiger partial charge in [0.05, 0.1) is 0 Å². The molecule has 7 heteroatoms. The highest BCUT2D eigenvalue weighted by molar-refractivity contribution is 5.94. The number of rotatable bonds is 8. The lowest BCUT2D eigenvalue weighted by Gasteiger charge is -2.18. The van der Waals surface area contributed by atoms with Crippen LogP contribution in [0.15, 0.2) is 124 Å². The molecule has 0 radical (unpaired) electrons. The molecule has 1 aromatic heterocycles. The van der Waals surface area contributed by atoms with Crippen molar-refractivity contribution in [2.45, 2.75) is 19.1 Å². The van der Waals surface area contributed by atoms with Crippen LogP contribution in [-0.4, -0.2) is 18.1 Å². The van der Waals surface area contributed by atoms with E-state index >= 15 is 0 Å². The highest BCUT2D eigenvalue weighted by atomic mass is 16.6. The number of hydrogen-bond donors (Lipinski definition) is 1. The first-order valence-electron chi connectivity index (χ1n) is 12.4. The standard InChI is InChI=1S/C32H25NO6/c34-30-20-27(24-14-8-3-9-15-24)26-17-16-25(19-29(26)39-30)38-31(35)28(18-22-10-4-1-5-11-22)33-32(36)37-21-23-12-6-2-7-13-23/h1-17,19-20,28H,18,21H2,(H,33,36)/t28-/m0/s1. The van der Waals surface area contributed by atoms with Crippen LogP contribution >= 0.6 is 0 Å². The van der Waals surface area contributed by atoms with Crippen LogP contribution in [0.1, 0.15) is 11.1 Å². The van der Waals surface area contributed by atoms with Crippen LogP contribution in [0.5, 0.6) is 5.75 Å². The summed E-state index contributed by atoms with van der Waals surface area (Å²) in [6, 6.07) is 33.3. The van der Waals surface area contributed by atoms with Crippen LogP contribution < -0.4 is 15.7 Å². The third-order valence-corrected chi connectivity index (χ3v) is 6.09. The molecule has 39 heavy (non-hydrogen) atoms. The number of alkyl carbamates (subject to hydrolysis) is 1. The van der Waals surface area contributed by atoms with E-state index < -0.39 is 23.7 Å². The normalized spacial score (nSPS) is 11.5. The minimum atomic E-state index is -1.02. The Hall–Kier alpha value is -5.17. The van der Waals surface area contributed by atoms with Crippen LogP contribution in [0.4, 0.5) is 4.79 Å². The van der Waals surface area contributed by atoms with Gasteiger partial charge in [0.25, 0.3) is 0 Å². The fraction of sp³-hybridized carbons (Fsp3) is 0.0938. The summed E-state index contributed by atoms with van der Waals surface area (Å²) in [5.41, 5.74) is 2.99. The van der Waals surface area contributed by atoms with Crippen LogP contribution in [0, 0.1) is 0 Å². The van der Waals surface area contributed by atoms with Crippen molar-refractivity contribution in [3.05, 3.63) is 137 Å². The molecule has 0 bridgehead atoms. The quantitative estimate of drug-likeness (QED) is 0.156. The summed E-state index contributed by atoms with van der Waals surface area (Å²) in [7, 11) is 0. The Morgan fingerprint density at radius 1 is 0.769 bits per heavy atom. The van der Waals surface area contributed by atoms with Crippen molar-refractivity contribution in [1.82, 2.24) is 5.32 Å². The maximum absolute atomic E-state index is 13.2. The summed E-state index contributed by atoms with van der Waals surface area (Å²) in [5.74, 6) is -0.505. The molecular weight excluding hydrogens is 494 g/mol. The van der Waals surface area contributed by atoms with Crippen molar-refractivity contribution in [3.63, 3.8) is 0 Å². The lowest BCUT2D eigenvalue weighted by Crippen LogP contribution is -2.44. The van der Waals surface area contributed by atoms with Crippen LogP contribution in [0.25, 0.3) is 22.1 Å². The fourth-order valence-corrected chi connectivity index (χ4v) is 4.20. The number of carbonyl (C=O) groups excluding carboxylic acids is 2. The Labute approximate surface area is 224 Å². The van der Waals surface area contributed by atoms with Gasteiger partial charge in [0, 0.05) is 23.9 Å². The van der Waals surface area contributed by atoms with E-state index in [1.54, 1.807) is 12.1 Å². The second-order valence-electron chi connectivity index (χ2n) is 8.87. The molecule has 1 N–H and O–H groups in total. The van der Waals surface area contributed by atoms with Gasteiger partial charge in [0.1, 0.15) is 24.0 Å².